The lowest BCUT2D eigenvalue weighted by atomic mass is 9.75. The second-order valence-electron chi connectivity index (χ2n) is 6.24. The zero-order valence-electron chi connectivity index (χ0n) is 12.0. The number of aromatic nitrogens is 4. The summed E-state index contributed by atoms with van der Waals surface area (Å²) in [4.78, 5) is 11.3. The number of nitrogens with zero attached hydrogens (tertiary/aromatic N) is 5. The molecule has 0 amide bonds. The molecule has 0 N–H and O–H groups in total. The van der Waals surface area contributed by atoms with Crippen molar-refractivity contribution in [2.45, 2.75) is 32.1 Å². The maximum atomic E-state index is 4.54. The van der Waals surface area contributed by atoms with E-state index >= 15 is 0 Å². The summed E-state index contributed by atoms with van der Waals surface area (Å²) in [6.45, 7) is 2.29. The number of piperidine rings is 1. The van der Waals surface area contributed by atoms with Gasteiger partial charge in [-0.2, -0.15) is 5.10 Å². The van der Waals surface area contributed by atoms with Crippen LogP contribution in [-0.2, 0) is 7.05 Å². The van der Waals surface area contributed by atoms with Gasteiger partial charge >= 0.3 is 0 Å². The van der Waals surface area contributed by atoms with Crippen LogP contribution in [0.4, 0.5) is 5.82 Å². The van der Waals surface area contributed by atoms with E-state index in [1.807, 2.05) is 17.9 Å². The molecule has 0 spiro atoms. The predicted molar refractivity (Wildman–Crippen MR) is 78.6 cm³/mol. The highest BCUT2D eigenvalue weighted by molar-refractivity contribution is 5.86. The highest BCUT2D eigenvalue weighted by Crippen LogP contribution is 2.38. The van der Waals surface area contributed by atoms with Gasteiger partial charge in [0.1, 0.15) is 12.1 Å². The van der Waals surface area contributed by atoms with E-state index in [4.69, 9.17) is 0 Å². The Bertz CT molecular complexity index is 620. The predicted octanol–water partition coefficient (Wildman–Crippen LogP) is 2.38. The normalized spacial score (nSPS) is 26.8. The molecule has 2 aliphatic rings. The van der Waals surface area contributed by atoms with E-state index in [2.05, 4.69) is 20.0 Å². The van der Waals surface area contributed by atoms with Crippen LogP contribution in [-0.4, -0.2) is 32.8 Å². The molecule has 1 saturated carbocycles. The van der Waals surface area contributed by atoms with Crippen LogP contribution < -0.4 is 4.90 Å². The first-order chi connectivity index (χ1) is 9.83. The Morgan fingerprint density at radius 3 is 2.85 bits per heavy atom. The van der Waals surface area contributed by atoms with Crippen LogP contribution in [0.3, 0.4) is 0 Å². The zero-order chi connectivity index (χ0) is 13.5. The second kappa shape index (κ2) is 4.72. The number of anilines is 1. The lowest BCUT2D eigenvalue weighted by Crippen LogP contribution is -2.42. The standard InChI is InChI=1S/C15H21N5/c1-19-14-13(8-18-19)15(17-10-16-14)20-7-6-11-4-2-3-5-12(11)9-20/h8,10-12H,2-7,9H2,1H3/t11-,12+/m0/s1. The summed E-state index contributed by atoms with van der Waals surface area (Å²) in [7, 11) is 1.94. The van der Waals surface area contributed by atoms with Gasteiger partial charge in [-0.15, -0.1) is 0 Å². The number of hydrogen-bond donors (Lipinski definition) is 0. The van der Waals surface area contributed by atoms with Gasteiger partial charge in [-0.25, -0.2) is 9.97 Å². The van der Waals surface area contributed by atoms with Gasteiger partial charge in [-0.05, 0) is 24.7 Å². The van der Waals surface area contributed by atoms with Crippen molar-refractivity contribution in [3.05, 3.63) is 12.5 Å². The number of hydrogen-bond acceptors (Lipinski definition) is 4. The third kappa shape index (κ3) is 1.87. The van der Waals surface area contributed by atoms with Crippen LogP contribution in [0.5, 0.6) is 0 Å². The molecule has 1 saturated heterocycles. The molecule has 2 fully saturated rings. The van der Waals surface area contributed by atoms with E-state index in [-0.39, 0.29) is 0 Å². The Hall–Kier alpha value is -1.65. The van der Waals surface area contributed by atoms with E-state index in [1.54, 1.807) is 6.33 Å². The molecule has 0 bridgehead atoms. The molecular weight excluding hydrogens is 250 g/mol. The largest absolute Gasteiger partial charge is 0.356 e. The first kappa shape index (κ1) is 12.1. The van der Waals surface area contributed by atoms with Crippen molar-refractivity contribution in [1.29, 1.82) is 0 Å². The van der Waals surface area contributed by atoms with Crippen LogP contribution in [0.2, 0.25) is 0 Å². The van der Waals surface area contributed by atoms with Gasteiger partial charge in [0, 0.05) is 20.1 Å². The fraction of sp³-hybridized carbons (Fsp3) is 0.667. The molecule has 4 rings (SSSR count). The molecule has 20 heavy (non-hydrogen) atoms. The molecule has 2 atom stereocenters. The molecule has 5 heteroatoms. The quantitative estimate of drug-likeness (QED) is 0.799. The lowest BCUT2D eigenvalue weighted by molar-refractivity contribution is 0.202. The maximum absolute atomic E-state index is 4.54. The molecule has 1 aliphatic carbocycles. The van der Waals surface area contributed by atoms with Gasteiger partial charge < -0.3 is 4.90 Å². The first-order valence-corrected chi connectivity index (χ1v) is 7.70. The molecule has 0 radical (unpaired) electrons. The van der Waals surface area contributed by atoms with Crippen molar-refractivity contribution < 1.29 is 0 Å². The van der Waals surface area contributed by atoms with Crippen molar-refractivity contribution in [3.63, 3.8) is 0 Å². The molecule has 3 heterocycles. The Labute approximate surface area is 119 Å². The zero-order valence-corrected chi connectivity index (χ0v) is 12.0. The fourth-order valence-corrected chi connectivity index (χ4v) is 3.99. The van der Waals surface area contributed by atoms with Crippen LogP contribution in [0.15, 0.2) is 12.5 Å². The number of rotatable bonds is 1. The lowest BCUT2D eigenvalue weighted by Gasteiger charge is -2.41. The molecule has 1 aliphatic heterocycles. The van der Waals surface area contributed by atoms with E-state index in [0.717, 1.165) is 41.8 Å². The topological polar surface area (TPSA) is 46.8 Å². The molecule has 2 aromatic rings. The third-order valence-corrected chi connectivity index (χ3v) is 5.10. The van der Waals surface area contributed by atoms with Crippen molar-refractivity contribution in [2.24, 2.45) is 18.9 Å². The molecule has 2 aromatic heterocycles. The third-order valence-electron chi connectivity index (χ3n) is 5.10. The maximum Gasteiger partial charge on any atom is 0.163 e. The van der Waals surface area contributed by atoms with E-state index in [1.165, 1.54) is 32.1 Å². The smallest absolute Gasteiger partial charge is 0.163 e. The number of fused-ring (bicyclic) bond motifs is 2. The molecule has 0 unspecified atom stereocenters. The Balaban J connectivity index is 1.66. The van der Waals surface area contributed by atoms with Gasteiger partial charge in [0.05, 0.1) is 11.6 Å². The van der Waals surface area contributed by atoms with Crippen LogP contribution in [0.25, 0.3) is 11.0 Å². The highest BCUT2D eigenvalue weighted by atomic mass is 15.3. The SMILES string of the molecule is Cn1ncc2c(N3CC[C@@H]4CCCC[C@@H]4C3)ncnc21. The van der Waals surface area contributed by atoms with Crippen LogP contribution in [0, 0.1) is 11.8 Å². The van der Waals surface area contributed by atoms with Gasteiger partial charge in [-0.3, -0.25) is 4.68 Å². The Kier molecular flexibility index (Phi) is 2.86. The monoisotopic (exact) mass is 271 g/mol. The van der Waals surface area contributed by atoms with Gasteiger partial charge in [0.25, 0.3) is 0 Å². The van der Waals surface area contributed by atoms with Gasteiger partial charge in [0.15, 0.2) is 5.65 Å². The fourth-order valence-electron chi connectivity index (χ4n) is 3.99. The molecule has 5 nitrogen and oxygen atoms in total. The van der Waals surface area contributed by atoms with Crippen LogP contribution in [0.1, 0.15) is 32.1 Å². The average molecular weight is 271 g/mol. The average Bonchev–Trinajstić information content (AvgIpc) is 2.88. The highest BCUT2D eigenvalue weighted by Gasteiger charge is 2.32. The van der Waals surface area contributed by atoms with E-state index in [9.17, 15) is 0 Å². The first-order valence-electron chi connectivity index (χ1n) is 7.70. The summed E-state index contributed by atoms with van der Waals surface area (Å²) in [6.07, 6.45) is 10.6. The minimum atomic E-state index is 0.860. The van der Waals surface area contributed by atoms with Gasteiger partial charge in [-0.1, -0.05) is 19.3 Å². The van der Waals surface area contributed by atoms with Crippen molar-refractivity contribution >= 4 is 16.9 Å². The van der Waals surface area contributed by atoms with E-state index in [0.29, 0.717) is 0 Å². The minimum absolute atomic E-state index is 0.860. The summed E-state index contributed by atoms with van der Waals surface area (Å²) >= 11 is 0. The molecule has 0 aromatic carbocycles. The van der Waals surface area contributed by atoms with Crippen molar-refractivity contribution in [1.82, 2.24) is 19.7 Å². The summed E-state index contributed by atoms with van der Waals surface area (Å²) < 4.78 is 1.83. The summed E-state index contributed by atoms with van der Waals surface area (Å²) in [6, 6.07) is 0. The molecule has 106 valence electrons. The van der Waals surface area contributed by atoms with E-state index < -0.39 is 0 Å². The summed E-state index contributed by atoms with van der Waals surface area (Å²) in [5.41, 5.74) is 0.931. The number of aryl methyl sites for hydroxylation is 1. The van der Waals surface area contributed by atoms with Crippen molar-refractivity contribution in [2.75, 3.05) is 18.0 Å². The Morgan fingerprint density at radius 1 is 1.10 bits per heavy atom. The van der Waals surface area contributed by atoms with Gasteiger partial charge in [0.2, 0.25) is 0 Å². The summed E-state index contributed by atoms with van der Waals surface area (Å²) in [5, 5.41) is 5.41. The van der Waals surface area contributed by atoms with Crippen LogP contribution >= 0.6 is 0 Å². The molecular formula is C15H21N5. The van der Waals surface area contributed by atoms with Crippen molar-refractivity contribution in [3.8, 4) is 0 Å². The Morgan fingerprint density at radius 2 is 1.95 bits per heavy atom. The minimum Gasteiger partial charge on any atom is -0.356 e. The summed E-state index contributed by atoms with van der Waals surface area (Å²) in [5.74, 6) is 2.89. The second-order valence-corrected chi connectivity index (χ2v) is 6.24.